The Morgan fingerprint density at radius 3 is 2.87 bits per heavy atom. The highest BCUT2D eigenvalue weighted by Gasteiger charge is 2.17. The number of pyridine rings is 1. The molecule has 1 amide bonds. The Balaban J connectivity index is 1.53. The minimum atomic E-state index is -0.107. The summed E-state index contributed by atoms with van der Waals surface area (Å²) in [5, 5.41) is 7.08. The van der Waals surface area contributed by atoms with Crippen molar-refractivity contribution in [2.24, 2.45) is 0 Å². The molecule has 3 heterocycles. The van der Waals surface area contributed by atoms with Gasteiger partial charge in [-0.25, -0.2) is 9.67 Å². The van der Waals surface area contributed by atoms with Gasteiger partial charge in [0.2, 0.25) is 0 Å². The normalized spacial score (nSPS) is 16.9. The van der Waals surface area contributed by atoms with Crippen LogP contribution in [0.15, 0.2) is 36.8 Å². The Kier molecular flexibility index (Phi) is 4.99. The van der Waals surface area contributed by atoms with Gasteiger partial charge in [0, 0.05) is 44.3 Å². The number of carbonyl (C=O) groups excluding carboxylic acids is 1. The number of hydrogen-bond acceptors (Lipinski definition) is 5. The van der Waals surface area contributed by atoms with Crippen LogP contribution in [0, 0.1) is 0 Å². The second-order valence-corrected chi connectivity index (χ2v) is 5.56. The molecule has 122 valence electrons. The van der Waals surface area contributed by atoms with Gasteiger partial charge in [-0.1, -0.05) is 0 Å². The molecule has 2 aromatic heterocycles. The second-order valence-electron chi connectivity index (χ2n) is 5.56. The molecule has 0 saturated carbocycles. The molecule has 1 atom stereocenters. The van der Waals surface area contributed by atoms with Gasteiger partial charge in [-0.05, 0) is 25.1 Å². The standard InChI is InChI=1S/C16H21N5O2/c1-13(20-7-9-23-10-8-20)11-18-16(22)14-3-4-15(17-12-14)21-6-2-5-19-21/h2-6,12-13H,7-11H2,1H3,(H,18,22). The third-order valence-electron chi connectivity index (χ3n) is 3.98. The molecule has 1 unspecified atom stereocenters. The molecule has 2 aromatic rings. The van der Waals surface area contributed by atoms with Crippen LogP contribution in [-0.2, 0) is 4.74 Å². The van der Waals surface area contributed by atoms with Crippen molar-refractivity contribution in [3.05, 3.63) is 42.4 Å². The number of carbonyl (C=O) groups is 1. The molecule has 0 spiro atoms. The van der Waals surface area contributed by atoms with Crippen molar-refractivity contribution in [2.45, 2.75) is 13.0 Å². The highest BCUT2D eigenvalue weighted by Crippen LogP contribution is 2.06. The summed E-state index contributed by atoms with van der Waals surface area (Å²) in [6.07, 6.45) is 5.08. The van der Waals surface area contributed by atoms with Gasteiger partial charge in [-0.2, -0.15) is 5.10 Å². The first-order valence-electron chi connectivity index (χ1n) is 7.80. The minimum absolute atomic E-state index is 0.107. The SMILES string of the molecule is CC(CNC(=O)c1ccc(-n2cccn2)nc1)N1CCOCC1. The second kappa shape index (κ2) is 7.34. The summed E-state index contributed by atoms with van der Waals surface area (Å²) in [7, 11) is 0. The van der Waals surface area contributed by atoms with Gasteiger partial charge in [0.15, 0.2) is 5.82 Å². The maximum atomic E-state index is 12.2. The van der Waals surface area contributed by atoms with E-state index in [0.29, 0.717) is 24.0 Å². The molecule has 7 nitrogen and oxygen atoms in total. The molecule has 1 aliphatic rings. The quantitative estimate of drug-likeness (QED) is 0.880. The van der Waals surface area contributed by atoms with E-state index in [1.807, 2.05) is 12.3 Å². The molecule has 3 rings (SSSR count). The van der Waals surface area contributed by atoms with Gasteiger partial charge in [-0.3, -0.25) is 9.69 Å². The zero-order valence-electron chi connectivity index (χ0n) is 13.2. The number of morpholine rings is 1. The molecule has 23 heavy (non-hydrogen) atoms. The van der Waals surface area contributed by atoms with Crippen LogP contribution in [0.4, 0.5) is 0 Å². The average molecular weight is 315 g/mol. The van der Waals surface area contributed by atoms with Crippen LogP contribution in [0.1, 0.15) is 17.3 Å². The first-order chi connectivity index (χ1) is 11.2. The Morgan fingerprint density at radius 2 is 2.22 bits per heavy atom. The lowest BCUT2D eigenvalue weighted by atomic mass is 10.2. The first kappa shape index (κ1) is 15.6. The third-order valence-corrected chi connectivity index (χ3v) is 3.98. The van der Waals surface area contributed by atoms with Crippen LogP contribution < -0.4 is 5.32 Å². The number of aromatic nitrogens is 3. The smallest absolute Gasteiger partial charge is 0.252 e. The molecule has 0 aromatic carbocycles. The Morgan fingerprint density at radius 1 is 1.39 bits per heavy atom. The molecule has 7 heteroatoms. The fourth-order valence-corrected chi connectivity index (χ4v) is 2.55. The number of hydrogen-bond donors (Lipinski definition) is 1. The van der Waals surface area contributed by atoms with Crippen molar-refractivity contribution >= 4 is 5.91 Å². The van der Waals surface area contributed by atoms with Crippen molar-refractivity contribution < 1.29 is 9.53 Å². The maximum Gasteiger partial charge on any atom is 0.252 e. The molecule has 1 aliphatic heterocycles. The lowest BCUT2D eigenvalue weighted by Gasteiger charge is -2.32. The van der Waals surface area contributed by atoms with E-state index in [2.05, 4.69) is 27.2 Å². The molecule has 0 radical (unpaired) electrons. The lowest BCUT2D eigenvalue weighted by Crippen LogP contribution is -2.47. The molecular formula is C16H21N5O2. The van der Waals surface area contributed by atoms with Gasteiger partial charge < -0.3 is 10.1 Å². The Bertz CT molecular complexity index is 620. The number of nitrogens with one attached hydrogen (secondary N) is 1. The molecule has 1 saturated heterocycles. The summed E-state index contributed by atoms with van der Waals surface area (Å²) >= 11 is 0. The number of amides is 1. The zero-order valence-corrected chi connectivity index (χ0v) is 13.2. The van der Waals surface area contributed by atoms with Gasteiger partial charge in [-0.15, -0.1) is 0 Å². The van der Waals surface area contributed by atoms with Crippen LogP contribution in [0.25, 0.3) is 5.82 Å². The lowest BCUT2D eigenvalue weighted by molar-refractivity contribution is 0.0204. The van der Waals surface area contributed by atoms with E-state index in [1.165, 1.54) is 0 Å². The monoisotopic (exact) mass is 315 g/mol. The van der Waals surface area contributed by atoms with Gasteiger partial charge in [0.05, 0.1) is 18.8 Å². The third kappa shape index (κ3) is 3.94. The van der Waals surface area contributed by atoms with Crippen LogP contribution >= 0.6 is 0 Å². The van der Waals surface area contributed by atoms with Crippen molar-refractivity contribution in [3.63, 3.8) is 0 Å². The van der Waals surface area contributed by atoms with Crippen LogP contribution in [-0.4, -0.2) is 64.5 Å². The van der Waals surface area contributed by atoms with Gasteiger partial charge in [0.25, 0.3) is 5.91 Å². The van der Waals surface area contributed by atoms with Gasteiger partial charge >= 0.3 is 0 Å². The van der Waals surface area contributed by atoms with Crippen molar-refractivity contribution in [1.82, 2.24) is 25.0 Å². The van der Waals surface area contributed by atoms with Crippen molar-refractivity contribution in [3.8, 4) is 5.82 Å². The summed E-state index contributed by atoms with van der Waals surface area (Å²) in [5.74, 6) is 0.581. The predicted octanol–water partition coefficient (Wildman–Crippen LogP) is 0.718. The molecule has 0 aliphatic carbocycles. The fourth-order valence-electron chi connectivity index (χ4n) is 2.55. The van der Waals surface area contributed by atoms with E-state index in [0.717, 1.165) is 26.3 Å². The summed E-state index contributed by atoms with van der Waals surface area (Å²) in [6, 6.07) is 5.67. The number of nitrogens with zero attached hydrogens (tertiary/aromatic N) is 4. The predicted molar refractivity (Wildman–Crippen MR) is 85.5 cm³/mol. The molecule has 1 N–H and O–H groups in total. The van der Waals surface area contributed by atoms with E-state index in [-0.39, 0.29) is 5.91 Å². The topological polar surface area (TPSA) is 72.3 Å². The van der Waals surface area contributed by atoms with Crippen molar-refractivity contribution in [2.75, 3.05) is 32.8 Å². The van der Waals surface area contributed by atoms with Crippen LogP contribution in [0.5, 0.6) is 0 Å². The number of ether oxygens (including phenoxy) is 1. The van der Waals surface area contributed by atoms with E-state index in [1.54, 1.807) is 29.2 Å². The fraction of sp³-hybridized carbons (Fsp3) is 0.438. The van der Waals surface area contributed by atoms with Crippen LogP contribution in [0.2, 0.25) is 0 Å². The molecular weight excluding hydrogens is 294 g/mol. The summed E-state index contributed by atoms with van der Waals surface area (Å²) in [4.78, 5) is 18.8. The Labute approximate surface area is 135 Å². The summed E-state index contributed by atoms with van der Waals surface area (Å²) in [5.41, 5.74) is 0.551. The highest BCUT2D eigenvalue weighted by atomic mass is 16.5. The summed E-state index contributed by atoms with van der Waals surface area (Å²) in [6.45, 7) is 6.08. The van der Waals surface area contributed by atoms with Crippen molar-refractivity contribution in [1.29, 1.82) is 0 Å². The van der Waals surface area contributed by atoms with E-state index in [4.69, 9.17) is 4.74 Å². The summed E-state index contributed by atoms with van der Waals surface area (Å²) < 4.78 is 7.00. The first-order valence-corrected chi connectivity index (χ1v) is 7.80. The maximum absolute atomic E-state index is 12.2. The molecule has 1 fully saturated rings. The zero-order chi connectivity index (χ0) is 16.1. The van der Waals surface area contributed by atoms with E-state index >= 15 is 0 Å². The minimum Gasteiger partial charge on any atom is -0.379 e. The molecule has 0 bridgehead atoms. The van der Waals surface area contributed by atoms with Crippen LogP contribution in [0.3, 0.4) is 0 Å². The van der Waals surface area contributed by atoms with E-state index in [9.17, 15) is 4.79 Å². The Hall–Kier alpha value is -2.25. The van der Waals surface area contributed by atoms with E-state index < -0.39 is 0 Å². The average Bonchev–Trinajstić information content (AvgIpc) is 3.15. The highest BCUT2D eigenvalue weighted by molar-refractivity contribution is 5.93. The number of rotatable bonds is 5. The van der Waals surface area contributed by atoms with Gasteiger partial charge in [0.1, 0.15) is 0 Å². The largest absolute Gasteiger partial charge is 0.379 e.